The van der Waals surface area contributed by atoms with E-state index in [4.69, 9.17) is 4.98 Å². The summed E-state index contributed by atoms with van der Waals surface area (Å²) in [4.78, 5) is 16.3. The minimum atomic E-state index is -0.940. The molecule has 0 radical (unpaired) electrons. The van der Waals surface area contributed by atoms with Gasteiger partial charge in [0.05, 0.1) is 16.6 Å². The lowest BCUT2D eigenvalue weighted by Gasteiger charge is -2.10. The molecule has 144 valence electrons. The molecule has 5 rings (SSSR count). The van der Waals surface area contributed by atoms with Gasteiger partial charge in [-0.1, -0.05) is 72.8 Å². The second-order valence-electron chi connectivity index (χ2n) is 7.03. The van der Waals surface area contributed by atoms with Crippen LogP contribution in [0.25, 0.3) is 39.2 Å². The summed E-state index contributed by atoms with van der Waals surface area (Å²) in [6.45, 7) is 0. The quantitative estimate of drug-likeness (QED) is 0.406. The van der Waals surface area contributed by atoms with E-state index in [-0.39, 0.29) is 5.56 Å². The van der Waals surface area contributed by atoms with Crippen molar-refractivity contribution in [3.8, 4) is 28.2 Å². The summed E-state index contributed by atoms with van der Waals surface area (Å²) in [7, 11) is 0. The number of carboxylic acid groups (broad SMARTS) is 1. The molecular formula is C26H18N2O2. The van der Waals surface area contributed by atoms with Crippen LogP contribution in [-0.2, 0) is 0 Å². The fourth-order valence-corrected chi connectivity index (χ4v) is 3.74. The standard InChI is InChI=1S/C26H18N2O2/c29-26(30)20-16-14-19(15-17-20)25-27-24-22(18-8-3-1-4-9-18)12-7-13-23(24)28(25)21-10-5-2-6-11-21/h1-17H,(H,29,30). The molecule has 4 heteroatoms. The molecule has 5 aromatic rings. The van der Waals surface area contributed by atoms with Crippen LogP contribution in [0.5, 0.6) is 0 Å². The summed E-state index contributed by atoms with van der Waals surface area (Å²) in [5.41, 5.74) is 6.19. The minimum absolute atomic E-state index is 0.256. The van der Waals surface area contributed by atoms with Crippen LogP contribution in [0.4, 0.5) is 0 Å². The molecule has 1 heterocycles. The van der Waals surface area contributed by atoms with Gasteiger partial charge in [-0.05, 0) is 35.9 Å². The summed E-state index contributed by atoms with van der Waals surface area (Å²) < 4.78 is 2.12. The first-order valence-corrected chi connectivity index (χ1v) is 9.68. The van der Waals surface area contributed by atoms with Crippen LogP contribution in [0.15, 0.2) is 103 Å². The SMILES string of the molecule is O=C(O)c1ccc(-c2nc3c(-c4ccccc4)cccc3n2-c2ccccc2)cc1. The average Bonchev–Trinajstić information content (AvgIpc) is 3.20. The van der Waals surface area contributed by atoms with Gasteiger partial charge in [0, 0.05) is 16.8 Å². The second-order valence-corrected chi connectivity index (χ2v) is 7.03. The van der Waals surface area contributed by atoms with Crippen LogP contribution in [0, 0.1) is 0 Å². The van der Waals surface area contributed by atoms with Crippen molar-refractivity contribution in [1.29, 1.82) is 0 Å². The van der Waals surface area contributed by atoms with Crippen LogP contribution in [-0.4, -0.2) is 20.6 Å². The molecule has 0 atom stereocenters. The monoisotopic (exact) mass is 390 g/mol. The van der Waals surface area contributed by atoms with Crippen molar-refractivity contribution >= 4 is 17.0 Å². The van der Waals surface area contributed by atoms with E-state index in [0.29, 0.717) is 0 Å². The zero-order valence-corrected chi connectivity index (χ0v) is 16.1. The third kappa shape index (κ3) is 3.05. The van der Waals surface area contributed by atoms with Crippen molar-refractivity contribution in [2.45, 2.75) is 0 Å². The van der Waals surface area contributed by atoms with Gasteiger partial charge in [0.25, 0.3) is 0 Å². The normalized spacial score (nSPS) is 10.9. The third-order valence-electron chi connectivity index (χ3n) is 5.17. The number of para-hydroxylation sites is 2. The Kier molecular flexibility index (Phi) is 4.37. The number of rotatable bonds is 4. The van der Waals surface area contributed by atoms with E-state index in [2.05, 4.69) is 28.8 Å². The van der Waals surface area contributed by atoms with Gasteiger partial charge in [-0.25, -0.2) is 9.78 Å². The van der Waals surface area contributed by atoms with Gasteiger partial charge in [0.2, 0.25) is 0 Å². The van der Waals surface area contributed by atoms with Crippen LogP contribution in [0.1, 0.15) is 10.4 Å². The van der Waals surface area contributed by atoms with Crippen molar-refractivity contribution in [3.63, 3.8) is 0 Å². The van der Waals surface area contributed by atoms with Crippen LogP contribution < -0.4 is 0 Å². The van der Waals surface area contributed by atoms with E-state index in [0.717, 1.165) is 39.2 Å². The van der Waals surface area contributed by atoms with Gasteiger partial charge in [0.15, 0.2) is 0 Å². The first-order valence-electron chi connectivity index (χ1n) is 9.68. The Hall–Kier alpha value is -4.18. The molecule has 4 nitrogen and oxygen atoms in total. The highest BCUT2D eigenvalue weighted by molar-refractivity contribution is 5.95. The van der Waals surface area contributed by atoms with E-state index < -0.39 is 5.97 Å². The highest BCUT2D eigenvalue weighted by Gasteiger charge is 2.17. The molecule has 0 unspecified atom stereocenters. The number of benzene rings is 4. The third-order valence-corrected chi connectivity index (χ3v) is 5.17. The first kappa shape index (κ1) is 17.9. The number of hydrogen-bond donors (Lipinski definition) is 1. The van der Waals surface area contributed by atoms with E-state index in [1.165, 1.54) is 0 Å². The Morgan fingerprint density at radius 3 is 2.03 bits per heavy atom. The summed E-state index contributed by atoms with van der Waals surface area (Å²) in [6, 6.07) is 33.3. The molecule has 0 bridgehead atoms. The summed E-state index contributed by atoms with van der Waals surface area (Å²) in [5, 5.41) is 9.23. The molecular weight excluding hydrogens is 372 g/mol. The average molecular weight is 390 g/mol. The Bertz CT molecular complexity index is 1340. The van der Waals surface area contributed by atoms with E-state index in [1.54, 1.807) is 12.1 Å². The van der Waals surface area contributed by atoms with Gasteiger partial charge in [-0.2, -0.15) is 0 Å². The van der Waals surface area contributed by atoms with E-state index >= 15 is 0 Å². The molecule has 0 spiro atoms. The number of nitrogens with zero attached hydrogens (tertiary/aromatic N) is 2. The van der Waals surface area contributed by atoms with Gasteiger partial charge in [-0.3, -0.25) is 4.57 Å². The van der Waals surface area contributed by atoms with Gasteiger partial charge in [-0.15, -0.1) is 0 Å². The molecule has 0 aliphatic heterocycles. The number of aromatic carboxylic acids is 1. The molecule has 0 amide bonds. The maximum atomic E-state index is 11.3. The van der Waals surface area contributed by atoms with Crippen molar-refractivity contribution in [2.24, 2.45) is 0 Å². The smallest absolute Gasteiger partial charge is 0.335 e. The van der Waals surface area contributed by atoms with Crippen LogP contribution in [0.2, 0.25) is 0 Å². The van der Waals surface area contributed by atoms with Crippen molar-refractivity contribution in [2.75, 3.05) is 0 Å². The Balaban J connectivity index is 1.80. The summed E-state index contributed by atoms with van der Waals surface area (Å²) in [5.74, 6) is -0.166. The molecule has 0 aliphatic carbocycles. The number of imidazole rings is 1. The second kappa shape index (κ2) is 7.33. The van der Waals surface area contributed by atoms with E-state index in [1.807, 2.05) is 66.7 Å². The predicted octanol–water partition coefficient (Wildman–Crippen LogP) is 6.06. The number of aromatic nitrogens is 2. The molecule has 0 saturated heterocycles. The van der Waals surface area contributed by atoms with Crippen LogP contribution >= 0.6 is 0 Å². The number of hydrogen-bond acceptors (Lipinski definition) is 2. The molecule has 4 aromatic carbocycles. The highest BCUT2D eigenvalue weighted by atomic mass is 16.4. The fraction of sp³-hybridized carbons (Fsp3) is 0. The Morgan fingerprint density at radius 1 is 0.700 bits per heavy atom. The maximum absolute atomic E-state index is 11.3. The fourth-order valence-electron chi connectivity index (χ4n) is 3.74. The van der Waals surface area contributed by atoms with Crippen molar-refractivity contribution in [1.82, 2.24) is 9.55 Å². The highest BCUT2D eigenvalue weighted by Crippen LogP contribution is 2.34. The van der Waals surface area contributed by atoms with Crippen LogP contribution in [0.3, 0.4) is 0 Å². The summed E-state index contributed by atoms with van der Waals surface area (Å²) >= 11 is 0. The Labute approximate surface area is 173 Å². The zero-order valence-electron chi connectivity index (χ0n) is 16.1. The zero-order chi connectivity index (χ0) is 20.5. The van der Waals surface area contributed by atoms with Crippen molar-refractivity contribution < 1.29 is 9.90 Å². The van der Waals surface area contributed by atoms with Gasteiger partial charge in [0.1, 0.15) is 5.82 Å². The largest absolute Gasteiger partial charge is 0.478 e. The molecule has 1 aromatic heterocycles. The molecule has 0 fully saturated rings. The number of fused-ring (bicyclic) bond motifs is 1. The topological polar surface area (TPSA) is 55.1 Å². The minimum Gasteiger partial charge on any atom is -0.478 e. The van der Waals surface area contributed by atoms with Crippen molar-refractivity contribution in [3.05, 3.63) is 109 Å². The predicted molar refractivity (Wildman–Crippen MR) is 119 cm³/mol. The summed E-state index contributed by atoms with van der Waals surface area (Å²) in [6.07, 6.45) is 0. The number of carbonyl (C=O) groups is 1. The Morgan fingerprint density at radius 2 is 1.37 bits per heavy atom. The lowest BCUT2D eigenvalue weighted by atomic mass is 10.0. The van der Waals surface area contributed by atoms with Gasteiger partial charge < -0.3 is 5.11 Å². The lowest BCUT2D eigenvalue weighted by Crippen LogP contribution is -1.99. The molecule has 1 N–H and O–H groups in total. The molecule has 30 heavy (non-hydrogen) atoms. The number of carboxylic acids is 1. The lowest BCUT2D eigenvalue weighted by molar-refractivity contribution is 0.0697. The van der Waals surface area contributed by atoms with E-state index in [9.17, 15) is 9.90 Å². The molecule has 0 aliphatic rings. The first-order chi connectivity index (χ1) is 14.7. The maximum Gasteiger partial charge on any atom is 0.335 e. The van der Waals surface area contributed by atoms with Gasteiger partial charge >= 0.3 is 5.97 Å². The molecule has 0 saturated carbocycles.